The average molecular weight is 232 g/mol. The first-order valence-corrected chi connectivity index (χ1v) is 5.65. The minimum Gasteiger partial charge on any atom is -0.349 e. The van der Waals surface area contributed by atoms with Crippen molar-refractivity contribution in [1.29, 1.82) is 0 Å². The van der Waals surface area contributed by atoms with Crippen LogP contribution in [0.3, 0.4) is 0 Å². The maximum atomic E-state index is 12.0. The summed E-state index contributed by atoms with van der Waals surface area (Å²) < 4.78 is 1.68. The van der Waals surface area contributed by atoms with Gasteiger partial charge in [0.25, 0.3) is 5.91 Å². The van der Waals surface area contributed by atoms with Crippen molar-refractivity contribution in [3.63, 3.8) is 0 Å². The molecule has 2 aromatic rings. The highest BCUT2D eigenvalue weighted by Crippen LogP contribution is 2.09. The summed E-state index contributed by atoms with van der Waals surface area (Å²) in [5.41, 5.74) is 6.85. The molecule has 0 saturated carbocycles. The van der Waals surface area contributed by atoms with Gasteiger partial charge in [0.15, 0.2) is 0 Å². The molecule has 0 bridgehead atoms. The monoisotopic (exact) mass is 232 g/mol. The molecule has 1 amide bonds. The van der Waals surface area contributed by atoms with E-state index in [1.54, 1.807) is 10.7 Å². The maximum Gasteiger partial charge on any atom is 0.255 e. The van der Waals surface area contributed by atoms with Crippen LogP contribution in [0.4, 0.5) is 0 Å². The molecule has 0 aliphatic carbocycles. The van der Waals surface area contributed by atoms with Crippen LogP contribution in [0.15, 0.2) is 30.6 Å². The zero-order valence-corrected chi connectivity index (χ0v) is 9.76. The Morgan fingerprint density at radius 2 is 2.41 bits per heavy atom. The number of nitrogens with zero attached hydrogens (tertiary/aromatic N) is 2. The molecule has 3 N–H and O–H groups in total. The van der Waals surface area contributed by atoms with Crippen LogP contribution in [0, 0.1) is 0 Å². The molecule has 0 radical (unpaired) electrons. The zero-order chi connectivity index (χ0) is 12.3. The topological polar surface area (TPSA) is 72.4 Å². The summed E-state index contributed by atoms with van der Waals surface area (Å²) >= 11 is 0. The van der Waals surface area contributed by atoms with E-state index in [0.29, 0.717) is 12.1 Å². The SMILES string of the molecule is CC(CCN)NC(=O)c1cnn2ccccc12. The Balaban J connectivity index is 2.19. The molecule has 0 aromatic carbocycles. The van der Waals surface area contributed by atoms with Crippen LogP contribution in [0.5, 0.6) is 0 Å². The van der Waals surface area contributed by atoms with E-state index in [0.717, 1.165) is 11.9 Å². The highest BCUT2D eigenvalue weighted by Gasteiger charge is 2.13. The summed E-state index contributed by atoms with van der Waals surface area (Å²) in [6.45, 7) is 2.51. The molecule has 2 aromatic heterocycles. The van der Waals surface area contributed by atoms with E-state index >= 15 is 0 Å². The third-order valence-corrected chi connectivity index (χ3v) is 2.65. The standard InChI is InChI=1S/C12H16N4O/c1-9(5-6-13)15-12(17)10-8-14-16-7-3-2-4-11(10)16/h2-4,7-9H,5-6,13H2,1H3,(H,15,17). The first-order chi connectivity index (χ1) is 8.22. The van der Waals surface area contributed by atoms with Crippen molar-refractivity contribution in [3.05, 3.63) is 36.2 Å². The highest BCUT2D eigenvalue weighted by atomic mass is 16.1. The minimum absolute atomic E-state index is 0.0752. The quantitative estimate of drug-likeness (QED) is 0.819. The van der Waals surface area contributed by atoms with Gasteiger partial charge in [-0.2, -0.15) is 5.10 Å². The number of nitrogens with one attached hydrogen (secondary N) is 1. The zero-order valence-electron chi connectivity index (χ0n) is 9.76. The van der Waals surface area contributed by atoms with Gasteiger partial charge in [0.1, 0.15) is 0 Å². The molecule has 0 fully saturated rings. The number of carbonyl (C=O) groups excluding carboxylic acids is 1. The largest absolute Gasteiger partial charge is 0.349 e. The van der Waals surface area contributed by atoms with Crippen molar-refractivity contribution >= 4 is 11.4 Å². The van der Waals surface area contributed by atoms with Crippen molar-refractivity contribution < 1.29 is 4.79 Å². The van der Waals surface area contributed by atoms with E-state index in [1.165, 1.54) is 0 Å². The molecular formula is C12H16N4O. The summed E-state index contributed by atoms with van der Waals surface area (Å²) in [5, 5.41) is 7.03. The van der Waals surface area contributed by atoms with Gasteiger partial charge in [-0.05, 0) is 32.0 Å². The maximum absolute atomic E-state index is 12.0. The Morgan fingerprint density at radius 1 is 1.59 bits per heavy atom. The Bertz CT molecular complexity index is 520. The molecule has 0 spiro atoms. The Kier molecular flexibility index (Phi) is 3.39. The second-order valence-corrected chi connectivity index (χ2v) is 4.04. The van der Waals surface area contributed by atoms with Gasteiger partial charge in [-0.15, -0.1) is 0 Å². The number of hydrogen-bond acceptors (Lipinski definition) is 3. The van der Waals surface area contributed by atoms with E-state index < -0.39 is 0 Å². The van der Waals surface area contributed by atoms with Crippen LogP contribution >= 0.6 is 0 Å². The van der Waals surface area contributed by atoms with Crippen LogP contribution < -0.4 is 11.1 Å². The molecule has 90 valence electrons. The first kappa shape index (κ1) is 11.6. The number of rotatable bonds is 4. The summed E-state index contributed by atoms with van der Waals surface area (Å²) in [7, 11) is 0. The third kappa shape index (κ3) is 2.45. The van der Waals surface area contributed by atoms with E-state index in [4.69, 9.17) is 5.73 Å². The lowest BCUT2D eigenvalue weighted by atomic mass is 10.2. The molecule has 5 heteroatoms. The Hall–Kier alpha value is -1.88. The molecule has 0 saturated heterocycles. The molecule has 1 unspecified atom stereocenters. The van der Waals surface area contributed by atoms with E-state index in [9.17, 15) is 4.79 Å². The predicted molar refractivity (Wildman–Crippen MR) is 65.8 cm³/mol. The summed E-state index contributed by atoms with van der Waals surface area (Å²) in [6.07, 6.45) is 4.17. The average Bonchev–Trinajstić information content (AvgIpc) is 2.72. The summed E-state index contributed by atoms with van der Waals surface area (Å²) in [6, 6.07) is 5.71. The number of nitrogens with two attached hydrogens (primary N) is 1. The number of carbonyl (C=O) groups is 1. The van der Waals surface area contributed by atoms with Gasteiger partial charge in [0, 0.05) is 12.2 Å². The van der Waals surface area contributed by atoms with Gasteiger partial charge < -0.3 is 11.1 Å². The van der Waals surface area contributed by atoms with Gasteiger partial charge in [-0.25, -0.2) is 4.52 Å². The van der Waals surface area contributed by atoms with E-state index in [2.05, 4.69) is 10.4 Å². The van der Waals surface area contributed by atoms with Gasteiger partial charge in [0.05, 0.1) is 17.3 Å². The number of pyridine rings is 1. The lowest BCUT2D eigenvalue weighted by Gasteiger charge is -2.11. The molecular weight excluding hydrogens is 216 g/mol. The van der Waals surface area contributed by atoms with Crippen LogP contribution in [0.25, 0.3) is 5.52 Å². The van der Waals surface area contributed by atoms with Crippen LogP contribution in [0.2, 0.25) is 0 Å². The first-order valence-electron chi connectivity index (χ1n) is 5.65. The van der Waals surface area contributed by atoms with Gasteiger partial charge in [0.2, 0.25) is 0 Å². The van der Waals surface area contributed by atoms with Gasteiger partial charge in [-0.1, -0.05) is 6.07 Å². The molecule has 2 heterocycles. The van der Waals surface area contributed by atoms with Crippen molar-refractivity contribution in [2.75, 3.05) is 6.54 Å². The molecule has 0 aliphatic heterocycles. The van der Waals surface area contributed by atoms with Gasteiger partial charge >= 0.3 is 0 Å². The molecule has 2 rings (SSSR count). The van der Waals surface area contributed by atoms with Crippen LogP contribution in [0.1, 0.15) is 23.7 Å². The molecule has 0 aliphatic rings. The number of aromatic nitrogens is 2. The van der Waals surface area contributed by atoms with Crippen LogP contribution in [-0.4, -0.2) is 28.1 Å². The Labute approximate surface area is 99.6 Å². The highest BCUT2D eigenvalue weighted by molar-refractivity contribution is 6.00. The van der Waals surface area contributed by atoms with Crippen molar-refractivity contribution in [1.82, 2.24) is 14.9 Å². The Morgan fingerprint density at radius 3 is 3.18 bits per heavy atom. The summed E-state index contributed by atoms with van der Waals surface area (Å²) in [4.78, 5) is 12.0. The van der Waals surface area contributed by atoms with Crippen LogP contribution in [-0.2, 0) is 0 Å². The lowest BCUT2D eigenvalue weighted by molar-refractivity contribution is 0.0940. The van der Waals surface area contributed by atoms with Gasteiger partial charge in [-0.3, -0.25) is 4.79 Å². The second-order valence-electron chi connectivity index (χ2n) is 4.04. The third-order valence-electron chi connectivity index (χ3n) is 2.65. The van der Waals surface area contributed by atoms with Crippen molar-refractivity contribution in [2.24, 2.45) is 5.73 Å². The fourth-order valence-electron chi connectivity index (χ4n) is 1.73. The fraction of sp³-hybridized carbons (Fsp3) is 0.333. The van der Waals surface area contributed by atoms with Crippen molar-refractivity contribution in [3.8, 4) is 0 Å². The van der Waals surface area contributed by atoms with E-state index in [1.807, 2.05) is 31.3 Å². The number of hydrogen-bond donors (Lipinski definition) is 2. The number of amides is 1. The molecule has 1 atom stereocenters. The van der Waals surface area contributed by atoms with E-state index in [-0.39, 0.29) is 11.9 Å². The second kappa shape index (κ2) is 4.97. The smallest absolute Gasteiger partial charge is 0.255 e. The molecule has 17 heavy (non-hydrogen) atoms. The minimum atomic E-state index is -0.104. The molecule has 5 nitrogen and oxygen atoms in total. The fourth-order valence-corrected chi connectivity index (χ4v) is 1.73. The summed E-state index contributed by atoms with van der Waals surface area (Å²) in [5.74, 6) is -0.104. The predicted octanol–water partition coefficient (Wildman–Crippen LogP) is 0.801. The van der Waals surface area contributed by atoms with Crippen molar-refractivity contribution in [2.45, 2.75) is 19.4 Å². The number of fused-ring (bicyclic) bond motifs is 1. The lowest BCUT2D eigenvalue weighted by Crippen LogP contribution is -2.33. The normalized spacial score (nSPS) is 12.6.